The Hall–Kier alpha value is -0.340. The Morgan fingerprint density at radius 1 is 1.31 bits per heavy atom. The van der Waals surface area contributed by atoms with Crippen LogP contribution in [0.15, 0.2) is 0 Å². The Morgan fingerprint density at radius 2 is 1.75 bits per heavy atom. The van der Waals surface area contributed by atoms with Crippen molar-refractivity contribution in [2.24, 2.45) is 0 Å². The second-order valence-corrected chi connectivity index (χ2v) is 6.17. The van der Waals surface area contributed by atoms with E-state index in [4.69, 9.17) is 0 Å². The fraction of sp³-hybridized carbons (Fsp3) is 1.00. The Kier molecular flexibility index (Phi) is 3.56. The molecule has 0 unspecified atom stereocenters. The summed E-state index contributed by atoms with van der Waals surface area (Å²) in [6, 6.07) is 0. The molecule has 0 aromatic rings. The van der Waals surface area contributed by atoms with E-state index in [-0.39, 0.29) is 4.31 Å². The van der Waals surface area contributed by atoms with Gasteiger partial charge in [-0.3, -0.25) is 0 Å². The molecule has 0 bridgehead atoms. The lowest BCUT2D eigenvalue weighted by atomic mass is 10.0. The lowest BCUT2D eigenvalue weighted by molar-refractivity contribution is -0.0508. The third-order valence-corrected chi connectivity index (χ3v) is 4.29. The quantitative estimate of drug-likeness (QED) is 0.826. The van der Waals surface area contributed by atoms with Gasteiger partial charge in [0, 0.05) is 13.6 Å². The van der Waals surface area contributed by atoms with Crippen molar-refractivity contribution in [3.8, 4) is 0 Å². The van der Waals surface area contributed by atoms with Gasteiger partial charge in [0.25, 0.3) is 0 Å². The fourth-order valence-corrected chi connectivity index (χ4v) is 2.63. The first kappa shape index (κ1) is 13.7. The molecule has 0 radical (unpaired) electrons. The molecule has 1 aliphatic rings. The summed E-state index contributed by atoms with van der Waals surface area (Å²) in [5.41, 5.74) is -6.62. The summed E-state index contributed by atoms with van der Waals surface area (Å²) in [6.45, 7) is -0.505. The van der Waals surface area contributed by atoms with Gasteiger partial charge in [-0.1, -0.05) is 12.8 Å². The van der Waals surface area contributed by atoms with Crippen LogP contribution < -0.4 is 0 Å². The van der Waals surface area contributed by atoms with Crippen LogP contribution in [0, 0.1) is 0 Å². The van der Waals surface area contributed by atoms with E-state index in [1.165, 1.54) is 0 Å². The molecule has 0 saturated heterocycles. The smallest absolute Gasteiger partial charge is 0.389 e. The first-order valence-corrected chi connectivity index (χ1v) is 6.27. The van der Waals surface area contributed by atoms with Gasteiger partial charge in [0.2, 0.25) is 0 Å². The molecule has 0 heterocycles. The third kappa shape index (κ3) is 2.67. The summed E-state index contributed by atoms with van der Waals surface area (Å²) in [5, 5.41) is 9.82. The summed E-state index contributed by atoms with van der Waals surface area (Å²) in [7, 11) is -4.50. The second-order valence-electron chi connectivity index (χ2n) is 4.14. The average Bonchev–Trinajstić information content (AvgIpc) is 2.49. The molecular weight excluding hydrogens is 247 g/mol. The molecule has 1 rings (SSSR count). The minimum Gasteiger partial charge on any atom is -0.389 e. The van der Waals surface area contributed by atoms with Crippen molar-refractivity contribution in [1.82, 2.24) is 4.31 Å². The van der Waals surface area contributed by atoms with Crippen LogP contribution in [0.1, 0.15) is 25.7 Å². The molecule has 1 aliphatic carbocycles. The SMILES string of the molecule is CN(CC1(O)CCCC1)S(=O)(=O)C(F)(F)F. The summed E-state index contributed by atoms with van der Waals surface area (Å²) < 4.78 is 58.6. The largest absolute Gasteiger partial charge is 0.511 e. The zero-order valence-corrected chi connectivity index (χ0v) is 9.61. The molecule has 4 nitrogen and oxygen atoms in total. The zero-order chi connectivity index (χ0) is 12.6. The van der Waals surface area contributed by atoms with Crippen LogP contribution in [0.5, 0.6) is 0 Å². The van der Waals surface area contributed by atoms with Gasteiger partial charge in [-0.05, 0) is 12.8 Å². The predicted octanol–water partition coefficient (Wildman–Crippen LogP) is 1.07. The minimum absolute atomic E-state index is 0.179. The molecule has 1 fully saturated rings. The highest BCUT2D eigenvalue weighted by Gasteiger charge is 2.50. The number of aliphatic hydroxyl groups is 1. The van der Waals surface area contributed by atoms with Crippen LogP contribution in [0.3, 0.4) is 0 Å². The van der Waals surface area contributed by atoms with E-state index in [9.17, 15) is 26.7 Å². The number of sulfonamides is 1. The summed E-state index contributed by atoms with van der Waals surface area (Å²) in [4.78, 5) is 0. The first-order chi connectivity index (χ1) is 7.08. The van der Waals surface area contributed by atoms with E-state index in [1.54, 1.807) is 0 Å². The van der Waals surface area contributed by atoms with Crippen molar-refractivity contribution < 1.29 is 26.7 Å². The predicted molar refractivity (Wildman–Crippen MR) is 51.0 cm³/mol. The Morgan fingerprint density at radius 3 is 2.12 bits per heavy atom. The maximum atomic E-state index is 12.2. The van der Waals surface area contributed by atoms with Gasteiger partial charge < -0.3 is 5.11 Å². The lowest BCUT2D eigenvalue weighted by Gasteiger charge is -2.28. The molecular formula is C8H14F3NO3S. The number of hydrogen-bond donors (Lipinski definition) is 1. The van der Waals surface area contributed by atoms with Crippen LogP contribution in [0.4, 0.5) is 13.2 Å². The van der Waals surface area contributed by atoms with Gasteiger partial charge in [-0.2, -0.15) is 17.5 Å². The van der Waals surface area contributed by atoms with E-state index < -0.39 is 27.7 Å². The van der Waals surface area contributed by atoms with Crippen molar-refractivity contribution in [2.45, 2.75) is 36.8 Å². The van der Waals surface area contributed by atoms with Gasteiger partial charge in [0.05, 0.1) is 5.60 Å². The Labute approximate surface area is 92.1 Å². The molecule has 0 spiro atoms. The summed E-state index contributed by atoms with van der Waals surface area (Å²) >= 11 is 0. The highest BCUT2D eigenvalue weighted by atomic mass is 32.2. The summed E-state index contributed by atoms with van der Waals surface area (Å²) in [6.07, 6.45) is 2.09. The average molecular weight is 261 g/mol. The van der Waals surface area contributed by atoms with Gasteiger partial charge in [-0.15, -0.1) is 0 Å². The van der Waals surface area contributed by atoms with Crippen molar-refractivity contribution in [1.29, 1.82) is 0 Å². The molecule has 16 heavy (non-hydrogen) atoms. The first-order valence-electron chi connectivity index (χ1n) is 4.83. The van der Waals surface area contributed by atoms with E-state index in [0.29, 0.717) is 25.7 Å². The normalized spacial score (nSPS) is 21.6. The van der Waals surface area contributed by atoms with Gasteiger partial charge in [0.15, 0.2) is 0 Å². The summed E-state index contributed by atoms with van der Waals surface area (Å²) in [5.74, 6) is 0. The maximum Gasteiger partial charge on any atom is 0.511 e. The monoisotopic (exact) mass is 261 g/mol. The molecule has 0 aromatic heterocycles. The van der Waals surface area contributed by atoms with Gasteiger partial charge >= 0.3 is 15.5 Å². The van der Waals surface area contributed by atoms with Crippen LogP contribution in [-0.4, -0.2) is 42.5 Å². The van der Waals surface area contributed by atoms with Crippen LogP contribution in [0.25, 0.3) is 0 Å². The number of likely N-dealkylation sites (N-methyl/N-ethyl adjacent to an activating group) is 1. The number of hydrogen-bond acceptors (Lipinski definition) is 3. The van der Waals surface area contributed by atoms with Crippen LogP contribution >= 0.6 is 0 Å². The Bertz CT molecular complexity index is 346. The van der Waals surface area contributed by atoms with Crippen LogP contribution in [0.2, 0.25) is 0 Å². The van der Waals surface area contributed by atoms with Crippen molar-refractivity contribution in [3.63, 3.8) is 0 Å². The molecule has 0 atom stereocenters. The molecule has 0 aliphatic heterocycles. The van der Waals surface area contributed by atoms with E-state index in [0.717, 1.165) is 7.05 Å². The number of rotatable bonds is 3. The second kappa shape index (κ2) is 4.15. The molecule has 1 saturated carbocycles. The van der Waals surface area contributed by atoms with Gasteiger partial charge in [0.1, 0.15) is 0 Å². The van der Waals surface area contributed by atoms with Crippen LogP contribution in [-0.2, 0) is 10.0 Å². The van der Waals surface area contributed by atoms with Gasteiger partial charge in [-0.25, -0.2) is 8.42 Å². The minimum atomic E-state index is -5.33. The topological polar surface area (TPSA) is 57.6 Å². The Balaban J connectivity index is 2.76. The number of halogens is 3. The van der Waals surface area contributed by atoms with E-state index in [2.05, 4.69) is 0 Å². The van der Waals surface area contributed by atoms with E-state index in [1.807, 2.05) is 0 Å². The maximum absolute atomic E-state index is 12.2. The standard InChI is InChI=1S/C8H14F3NO3S/c1-12(16(14,15)8(9,10)11)6-7(13)4-2-3-5-7/h13H,2-6H2,1H3. The number of alkyl halides is 3. The molecule has 96 valence electrons. The highest BCUT2D eigenvalue weighted by Crippen LogP contribution is 2.33. The zero-order valence-electron chi connectivity index (χ0n) is 8.79. The highest BCUT2D eigenvalue weighted by molar-refractivity contribution is 7.89. The van der Waals surface area contributed by atoms with Crippen molar-refractivity contribution in [3.05, 3.63) is 0 Å². The molecule has 0 aromatic carbocycles. The van der Waals surface area contributed by atoms with Crippen molar-refractivity contribution >= 4 is 10.0 Å². The number of nitrogens with zero attached hydrogens (tertiary/aromatic N) is 1. The third-order valence-electron chi connectivity index (χ3n) is 2.75. The van der Waals surface area contributed by atoms with E-state index >= 15 is 0 Å². The lowest BCUT2D eigenvalue weighted by Crippen LogP contribution is -2.46. The van der Waals surface area contributed by atoms with Crippen molar-refractivity contribution in [2.75, 3.05) is 13.6 Å². The molecule has 0 amide bonds. The molecule has 8 heteroatoms. The molecule has 1 N–H and O–H groups in total. The fourth-order valence-electron chi connectivity index (χ4n) is 1.87.